The normalized spacial score (nSPS) is 11.3. The molecule has 1 aromatic heterocycles. The predicted octanol–water partition coefficient (Wildman–Crippen LogP) is 7.57. The Bertz CT molecular complexity index is 2350. The number of nitrogens with zero attached hydrogens (tertiary/aromatic N) is 3. The third-order valence-corrected chi connectivity index (χ3v) is 14.3. The maximum Gasteiger partial charge on any atom is 0.181 e. The van der Waals surface area contributed by atoms with Crippen LogP contribution in [0.5, 0.6) is 0 Å². The van der Waals surface area contributed by atoms with Crippen molar-refractivity contribution in [2.75, 3.05) is 0 Å². The summed E-state index contributed by atoms with van der Waals surface area (Å²) >= 11 is 0. The van der Waals surface area contributed by atoms with Gasteiger partial charge in [-0.05, 0) is 62.7 Å². The van der Waals surface area contributed by atoms with Gasteiger partial charge in [0.25, 0.3) is 0 Å². The van der Waals surface area contributed by atoms with Crippen LogP contribution >= 0.6 is 0 Å². The van der Waals surface area contributed by atoms with Crippen molar-refractivity contribution in [2.24, 2.45) is 0 Å². The molecule has 224 valence electrons. The highest BCUT2D eigenvalue weighted by Crippen LogP contribution is 2.33. The minimum absolute atomic E-state index is 0.549. The zero-order valence-electron chi connectivity index (χ0n) is 26.1. The molecule has 0 bridgehead atoms. The standard InChI is InChI=1S/C44H29N3Si/c45-30-33-24-25-34(31-46)44(48(36-14-4-1-5-15-36,37-16-6-2-7-17-37)38-18-8-3-9-19-38)43(33)32-26-28-35(29-27-32)47-41-22-12-10-20-39(41)40-21-11-13-23-42(40)47/h1-29H. The molecule has 7 aromatic carbocycles. The number of hydrogen-bond donors (Lipinski definition) is 0. The molecule has 0 amide bonds. The van der Waals surface area contributed by atoms with Crippen LogP contribution < -0.4 is 20.7 Å². The van der Waals surface area contributed by atoms with Gasteiger partial charge in [0, 0.05) is 22.0 Å². The molecule has 0 N–H and O–H groups in total. The van der Waals surface area contributed by atoms with E-state index < -0.39 is 8.07 Å². The summed E-state index contributed by atoms with van der Waals surface area (Å²) in [7, 11) is -3.16. The summed E-state index contributed by atoms with van der Waals surface area (Å²) < 4.78 is 2.29. The molecule has 0 unspecified atom stereocenters. The quantitative estimate of drug-likeness (QED) is 0.141. The van der Waals surface area contributed by atoms with Crippen molar-refractivity contribution >= 4 is 50.6 Å². The SMILES string of the molecule is N#Cc1ccc(C#N)c([Si](c2ccccc2)(c2ccccc2)c2ccccc2)c1-c1ccc(-n2c3ccccc3c3ccccc32)cc1. The van der Waals surface area contributed by atoms with Crippen molar-refractivity contribution in [3.8, 4) is 29.0 Å². The molecule has 1 heterocycles. The smallest absolute Gasteiger partial charge is 0.181 e. The van der Waals surface area contributed by atoms with E-state index in [1.54, 1.807) is 6.07 Å². The first-order valence-corrected chi connectivity index (χ1v) is 18.0. The summed E-state index contributed by atoms with van der Waals surface area (Å²) in [5.41, 5.74) is 6.16. The van der Waals surface area contributed by atoms with Crippen molar-refractivity contribution in [1.29, 1.82) is 10.5 Å². The molecule has 0 spiro atoms. The Morgan fingerprint density at radius 1 is 0.417 bits per heavy atom. The third kappa shape index (κ3) is 4.48. The zero-order valence-corrected chi connectivity index (χ0v) is 27.1. The molecule has 0 atom stereocenters. The number of rotatable bonds is 6. The molecule has 4 heteroatoms. The summed E-state index contributed by atoms with van der Waals surface area (Å²) in [6.45, 7) is 0. The second-order valence-electron chi connectivity index (χ2n) is 11.9. The Kier molecular flexibility index (Phi) is 7.27. The molecule has 3 nitrogen and oxygen atoms in total. The highest BCUT2D eigenvalue weighted by Gasteiger charge is 2.45. The van der Waals surface area contributed by atoms with E-state index in [2.05, 4.69) is 162 Å². The van der Waals surface area contributed by atoms with E-state index in [0.29, 0.717) is 11.1 Å². The number of para-hydroxylation sites is 2. The first-order chi connectivity index (χ1) is 23.8. The number of fused-ring (bicyclic) bond motifs is 3. The van der Waals surface area contributed by atoms with Gasteiger partial charge in [-0.2, -0.15) is 10.5 Å². The van der Waals surface area contributed by atoms with E-state index in [1.165, 1.54) is 10.8 Å². The molecule has 0 saturated heterocycles. The van der Waals surface area contributed by atoms with Gasteiger partial charge in [-0.15, -0.1) is 0 Å². The van der Waals surface area contributed by atoms with E-state index in [4.69, 9.17) is 0 Å². The van der Waals surface area contributed by atoms with Gasteiger partial charge in [-0.3, -0.25) is 0 Å². The maximum absolute atomic E-state index is 10.8. The molecule has 0 radical (unpaired) electrons. The minimum atomic E-state index is -3.16. The molecule has 0 aliphatic rings. The second kappa shape index (κ2) is 12.0. The average molecular weight is 628 g/mol. The Labute approximate surface area is 280 Å². The molecule has 8 aromatic rings. The fourth-order valence-electron chi connectivity index (χ4n) is 7.45. The molecule has 0 aliphatic heterocycles. The largest absolute Gasteiger partial charge is 0.309 e. The van der Waals surface area contributed by atoms with Crippen molar-refractivity contribution in [3.05, 3.63) is 187 Å². The van der Waals surface area contributed by atoms with Gasteiger partial charge < -0.3 is 4.57 Å². The predicted molar refractivity (Wildman–Crippen MR) is 199 cm³/mol. The first-order valence-electron chi connectivity index (χ1n) is 16.0. The van der Waals surface area contributed by atoms with Gasteiger partial charge in [-0.25, -0.2) is 0 Å². The van der Waals surface area contributed by atoms with E-state index in [-0.39, 0.29) is 0 Å². The molecule has 0 fully saturated rings. The summed E-state index contributed by atoms with van der Waals surface area (Å²) in [4.78, 5) is 0. The topological polar surface area (TPSA) is 52.5 Å². The van der Waals surface area contributed by atoms with E-state index >= 15 is 0 Å². The Hall–Kier alpha value is -6.46. The third-order valence-electron chi connectivity index (χ3n) is 9.44. The highest BCUT2D eigenvalue weighted by molar-refractivity contribution is 7.20. The van der Waals surface area contributed by atoms with Crippen LogP contribution in [0.3, 0.4) is 0 Å². The Morgan fingerprint density at radius 3 is 1.29 bits per heavy atom. The van der Waals surface area contributed by atoms with Gasteiger partial charge in [-0.1, -0.05) is 140 Å². The van der Waals surface area contributed by atoms with E-state index in [9.17, 15) is 10.5 Å². The molecular formula is C44H29N3Si. The van der Waals surface area contributed by atoms with Crippen LogP contribution in [-0.4, -0.2) is 12.6 Å². The Balaban J connectivity index is 1.45. The molecule has 8 rings (SSSR count). The lowest BCUT2D eigenvalue weighted by Crippen LogP contribution is -2.75. The van der Waals surface area contributed by atoms with Crippen LogP contribution in [0.1, 0.15) is 11.1 Å². The lowest BCUT2D eigenvalue weighted by molar-refractivity contribution is 1.18. The van der Waals surface area contributed by atoms with Crippen molar-refractivity contribution in [1.82, 2.24) is 4.57 Å². The van der Waals surface area contributed by atoms with E-state index in [0.717, 1.165) is 48.6 Å². The van der Waals surface area contributed by atoms with Crippen molar-refractivity contribution in [2.45, 2.75) is 0 Å². The first kappa shape index (κ1) is 29.0. The lowest BCUT2D eigenvalue weighted by Gasteiger charge is -2.37. The van der Waals surface area contributed by atoms with Crippen LogP contribution in [0.15, 0.2) is 176 Å². The van der Waals surface area contributed by atoms with Crippen LogP contribution in [0.2, 0.25) is 0 Å². The second-order valence-corrected chi connectivity index (χ2v) is 15.6. The van der Waals surface area contributed by atoms with E-state index in [1.807, 2.05) is 24.3 Å². The monoisotopic (exact) mass is 627 g/mol. The molecule has 0 aliphatic carbocycles. The van der Waals surface area contributed by atoms with Crippen LogP contribution in [0.4, 0.5) is 0 Å². The number of hydrogen-bond acceptors (Lipinski definition) is 2. The van der Waals surface area contributed by atoms with Crippen LogP contribution in [-0.2, 0) is 0 Å². The summed E-state index contributed by atoms with van der Waals surface area (Å²) in [6.07, 6.45) is 0. The average Bonchev–Trinajstić information content (AvgIpc) is 3.51. The number of aromatic nitrogens is 1. The van der Waals surface area contributed by atoms with Crippen molar-refractivity contribution < 1.29 is 0 Å². The fraction of sp³-hybridized carbons (Fsp3) is 0. The minimum Gasteiger partial charge on any atom is -0.309 e. The molecule has 0 saturated carbocycles. The Morgan fingerprint density at radius 2 is 0.833 bits per heavy atom. The van der Waals surface area contributed by atoms with Crippen LogP contribution in [0.25, 0.3) is 38.6 Å². The zero-order chi connectivity index (χ0) is 32.5. The van der Waals surface area contributed by atoms with Crippen molar-refractivity contribution in [3.63, 3.8) is 0 Å². The van der Waals surface area contributed by atoms with Gasteiger partial charge >= 0.3 is 0 Å². The van der Waals surface area contributed by atoms with Gasteiger partial charge in [0.2, 0.25) is 0 Å². The summed E-state index contributed by atoms with van der Waals surface area (Å²) in [5, 5.41) is 28.3. The fourth-order valence-corrected chi connectivity index (χ4v) is 12.6. The van der Waals surface area contributed by atoms with Crippen LogP contribution in [0, 0.1) is 22.7 Å². The molecule has 48 heavy (non-hydrogen) atoms. The maximum atomic E-state index is 10.8. The van der Waals surface area contributed by atoms with Gasteiger partial charge in [0.15, 0.2) is 8.07 Å². The number of benzene rings is 7. The lowest BCUT2D eigenvalue weighted by atomic mass is 9.97. The number of nitriles is 2. The van der Waals surface area contributed by atoms with Gasteiger partial charge in [0.1, 0.15) is 0 Å². The molecular weight excluding hydrogens is 599 g/mol. The highest BCUT2D eigenvalue weighted by atomic mass is 28.3. The van der Waals surface area contributed by atoms with Gasteiger partial charge in [0.05, 0.1) is 34.3 Å². The summed E-state index contributed by atoms with van der Waals surface area (Å²) in [6, 6.07) is 65.8. The summed E-state index contributed by atoms with van der Waals surface area (Å²) in [5.74, 6) is 0.